The van der Waals surface area contributed by atoms with Crippen LogP contribution in [0.5, 0.6) is 5.75 Å². The molecular formula is C25H23F4N3O4. The van der Waals surface area contributed by atoms with Crippen molar-refractivity contribution in [3.63, 3.8) is 0 Å². The fourth-order valence-electron chi connectivity index (χ4n) is 4.26. The SMILES string of the molecule is N#Cc1cc(-c2cccc(NC(=O)C3CC3C(F)(F)F)c2)ccc1O[C@H]1CCN(C(=O)CO)C[C@H]1F. The van der Waals surface area contributed by atoms with Gasteiger partial charge in [0.25, 0.3) is 0 Å². The van der Waals surface area contributed by atoms with Crippen molar-refractivity contribution < 1.29 is 37.0 Å². The number of hydrogen-bond donors (Lipinski definition) is 2. The summed E-state index contributed by atoms with van der Waals surface area (Å²) in [6, 6.07) is 13.2. The summed E-state index contributed by atoms with van der Waals surface area (Å²) in [5, 5.41) is 21.1. The highest BCUT2D eigenvalue weighted by Crippen LogP contribution is 2.50. The minimum absolute atomic E-state index is 0.147. The molecule has 2 amide bonds. The molecule has 1 heterocycles. The van der Waals surface area contributed by atoms with Gasteiger partial charge in [0, 0.05) is 18.7 Å². The zero-order valence-corrected chi connectivity index (χ0v) is 19.0. The lowest BCUT2D eigenvalue weighted by Gasteiger charge is -2.34. The highest BCUT2D eigenvalue weighted by molar-refractivity contribution is 5.95. The maximum atomic E-state index is 14.6. The van der Waals surface area contributed by atoms with E-state index in [1.165, 1.54) is 17.0 Å². The summed E-state index contributed by atoms with van der Waals surface area (Å²) in [7, 11) is 0. The molecule has 0 radical (unpaired) electrons. The second-order valence-corrected chi connectivity index (χ2v) is 8.84. The quantitative estimate of drug-likeness (QED) is 0.584. The van der Waals surface area contributed by atoms with Crippen molar-refractivity contribution in [3.8, 4) is 22.9 Å². The fourth-order valence-corrected chi connectivity index (χ4v) is 4.26. The van der Waals surface area contributed by atoms with Gasteiger partial charge in [-0.3, -0.25) is 9.59 Å². The van der Waals surface area contributed by atoms with Crippen molar-refractivity contribution in [2.45, 2.75) is 31.3 Å². The summed E-state index contributed by atoms with van der Waals surface area (Å²) in [6.45, 7) is -0.696. The normalized spacial score (nSPS) is 23.5. The molecule has 2 N–H and O–H groups in total. The van der Waals surface area contributed by atoms with Crippen LogP contribution in [0.3, 0.4) is 0 Å². The van der Waals surface area contributed by atoms with Crippen molar-refractivity contribution in [1.29, 1.82) is 5.26 Å². The van der Waals surface area contributed by atoms with Crippen molar-refractivity contribution >= 4 is 17.5 Å². The van der Waals surface area contributed by atoms with Crippen molar-refractivity contribution in [1.82, 2.24) is 4.90 Å². The first kappa shape index (κ1) is 25.4. The Morgan fingerprint density at radius 3 is 2.58 bits per heavy atom. The number of benzene rings is 2. The highest BCUT2D eigenvalue weighted by atomic mass is 19.4. The van der Waals surface area contributed by atoms with Gasteiger partial charge in [-0.15, -0.1) is 0 Å². The Morgan fingerprint density at radius 1 is 1.19 bits per heavy atom. The maximum absolute atomic E-state index is 14.6. The smallest absolute Gasteiger partial charge is 0.392 e. The second kappa shape index (κ2) is 10.1. The summed E-state index contributed by atoms with van der Waals surface area (Å²) >= 11 is 0. The molecule has 1 saturated carbocycles. The molecule has 2 aromatic rings. The number of halogens is 4. The van der Waals surface area contributed by atoms with Gasteiger partial charge in [0.1, 0.15) is 24.5 Å². The fraction of sp³-hybridized carbons (Fsp3) is 0.400. The molecule has 2 aromatic carbocycles. The number of amides is 2. The Bertz CT molecular complexity index is 1200. The Hall–Kier alpha value is -3.65. The van der Waals surface area contributed by atoms with Crippen LogP contribution in [-0.4, -0.2) is 60.0 Å². The number of carbonyl (C=O) groups is 2. The molecule has 0 bridgehead atoms. The van der Waals surface area contributed by atoms with Gasteiger partial charge in [0.15, 0.2) is 6.17 Å². The van der Waals surface area contributed by atoms with Crippen LogP contribution in [0.15, 0.2) is 42.5 Å². The lowest BCUT2D eigenvalue weighted by Crippen LogP contribution is -2.50. The average molecular weight is 505 g/mol. The number of piperidine rings is 1. The Labute approximate surface area is 204 Å². The van der Waals surface area contributed by atoms with Gasteiger partial charge in [0.05, 0.1) is 23.9 Å². The van der Waals surface area contributed by atoms with E-state index in [9.17, 15) is 32.4 Å². The van der Waals surface area contributed by atoms with Gasteiger partial charge in [-0.1, -0.05) is 18.2 Å². The van der Waals surface area contributed by atoms with Gasteiger partial charge in [-0.2, -0.15) is 18.4 Å². The van der Waals surface area contributed by atoms with Crippen molar-refractivity contribution in [3.05, 3.63) is 48.0 Å². The summed E-state index contributed by atoms with van der Waals surface area (Å²) < 4.78 is 58.6. The van der Waals surface area contributed by atoms with E-state index in [0.717, 1.165) is 0 Å². The molecule has 0 spiro atoms. The highest BCUT2D eigenvalue weighted by Gasteiger charge is 2.58. The average Bonchev–Trinajstić information content (AvgIpc) is 3.67. The second-order valence-electron chi connectivity index (χ2n) is 8.84. The molecule has 2 fully saturated rings. The summed E-state index contributed by atoms with van der Waals surface area (Å²) in [5.41, 5.74) is 1.68. The Balaban J connectivity index is 1.44. The number of anilines is 1. The number of nitrogens with one attached hydrogen (secondary N) is 1. The third kappa shape index (κ3) is 5.60. The van der Waals surface area contributed by atoms with Crippen LogP contribution in [0.1, 0.15) is 18.4 Å². The van der Waals surface area contributed by atoms with Crippen LogP contribution in [-0.2, 0) is 9.59 Å². The molecule has 7 nitrogen and oxygen atoms in total. The number of aliphatic hydroxyl groups is 1. The summed E-state index contributed by atoms with van der Waals surface area (Å²) in [4.78, 5) is 25.0. The Kier molecular flexibility index (Phi) is 7.17. The monoisotopic (exact) mass is 505 g/mol. The Morgan fingerprint density at radius 2 is 1.94 bits per heavy atom. The third-order valence-corrected chi connectivity index (χ3v) is 6.36. The first-order chi connectivity index (χ1) is 17.1. The summed E-state index contributed by atoms with van der Waals surface area (Å²) in [6.07, 6.45) is -6.79. The molecule has 2 aliphatic rings. The van der Waals surface area contributed by atoms with Gasteiger partial charge in [0.2, 0.25) is 11.8 Å². The lowest BCUT2D eigenvalue weighted by molar-refractivity contribution is -0.153. The molecular weight excluding hydrogens is 482 g/mol. The molecule has 4 rings (SSSR count). The van der Waals surface area contributed by atoms with E-state index < -0.39 is 48.7 Å². The molecule has 0 aromatic heterocycles. The van der Waals surface area contributed by atoms with Gasteiger partial charge < -0.3 is 20.1 Å². The predicted octanol–water partition coefficient (Wildman–Crippen LogP) is 3.67. The first-order valence-electron chi connectivity index (χ1n) is 11.3. The van der Waals surface area contributed by atoms with E-state index in [2.05, 4.69) is 5.32 Å². The molecule has 1 saturated heterocycles. The van der Waals surface area contributed by atoms with Crippen LogP contribution in [0.2, 0.25) is 0 Å². The van der Waals surface area contributed by atoms with Crippen LogP contribution >= 0.6 is 0 Å². The maximum Gasteiger partial charge on any atom is 0.392 e. The van der Waals surface area contributed by atoms with E-state index in [1.54, 1.807) is 30.3 Å². The minimum atomic E-state index is -4.39. The van der Waals surface area contributed by atoms with E-state index in [0.29, 0.717) is 16.8 Å². The van der Waals surface area contributed by atoms with Crippen LogP contribution in [0.4, 0.5) is 23.2 Å². The number of rotatable bonds is 6. The van der Waals surface area contributed by atoms with E-state index in [-0.39, 0.29) is 37.2 Å². The van der Waals surface area contributed by atoms with E-state index in [1.807, 2.05) is 6.07 Å². The van der Waals surface area contributed by atoms with Crippen molar-refractivity contribution in [2.24, 2.45) is 11.8 Å². The van der Waals surface area contributed by atoms with E-state index >= 15 is 0 Å². The molecule has 2 unspecified atom stereocenters. The molecule has 4 atom stereocenters. The standard InChI is InChI=1S/C25H23F4N3O4/c26-20-12-32(23(34)13-33)7-6-22(20)36-21-5-4-15(8-16(21)11-30)14-2-1-3-17(9-14)31-24(35)18-10-19(18)25(27,28)29/h1-5,8-9,18-20,22,33H,6-7,10,12-13H2,(H,31,35)/t18?,19?,20-,22+/m1/s1. The third-order valence-electron chi connectivity index (χ3n) is 6.36. The number of hydrogen-bond acceptors (Lipinski definition) is 5. The largest absolute Gasteiger partial charge is 0.486 e. The minimum Gasteiger partial charge on any atom is -0.486 e. The van der Waals surface area contributed by atoms with E-state index in [4.69, 9.17) is 9.84 Å². The number of nitriles is 1. The molecule has 1 aliphatic heterocycles. The zero-order valence-electron chi connectivity index (χ0n) is 19.0. The van der Waals surface area contributed by atoms with Gasteiger partial charge in [-0.25, -0.2) is 4.39 Å². The first-order valence-corrected chi connectivity index (χ1v) is 11.3. The molecule has 36 heavy (non-hydrogen) atoms. The number of likely N-dealkylation sites (tertiary alicyclic amines) is 1. The van der Waals surface area contributed by atoms with Crippen LogP contribution in [0, 0.1) is 23.2 Å². The number of carbonyl (C=O) groups excluding carboxylic acids is 2. The lowest BCUT2D eigenvalue weighted by atomic mass is 10.0. The van der Waals surface area contributed by atoms with Crippen molar-refractivity contribution in [2.75, 3.05) is 25.0 Å². The molecule has 190 valence electrons. The van der Waals surface area contributed by atoms with Gasteiger partial charge >= 0.3 is 6.18 Å². The molecule has 1 aliphatic carbocycles. The summed E-state index contributed by atoms with van der Waals surface area (Å²) in [5.74, 6) is -3.79. The number of nitrogens with zero attached hydrogens (tertiary/aromatic N) is 2. The predicted molar refractivity (Wildman–Crippen MR) is 120 cm³/mol. The number of alkyl halides is 4. The van der Waals surface area contributed by atoms with Gasteiger partial charge in [-0.05, 0) is 41.8 Å². The van der Waals surface area contributed by atoms with Crippen LogP contribution in [0.25, 0.3) is 11.1 Å². The molecule has 11 heteroatoms. The van der Waals surface area contributed by atoms with Crippen LogP contribution < -0.4 is 10.1 Å². The number of ether oxygens (including phenoxy) is 1. The topological polar surface area (TPSA) is 103 Å². The zero-order chi connectivity index (χ0) is 26.0. The number of aliphatic hydroxyl groups excluding tert-OH is 1.